The summed E-state index contributed by atoms with van der Waals surface area (Å²) < 4.78 is 5.56. The van der Waals surface area contributed by atoms with Crippen molar-refractivity contribution < 1.29 is 24.2 Å². The number of carbonyl (C=O) groups excluding carboxylic acids is 2. The highest BCUT2D eigenvalue weighted by atomic mass is 16.5. The number of anilines is 2. The summed E-state index contributed by atoms with van der Waals surface area (Å²) in [6.07, 6.45) is 4.51. The molecule has 0 unspecified atom stereocenters. The Hall–Kier alpha value is -4.33. The van der Waals surface area contributed by atoms with E-state index in [-0.39, 0.29) is 11.6 Å². The first kappa shape index (κ1) is 29.6. The monoisotopic (exact) mass is 557 g/mol. The van der Waals surface area contributed by atoms with Crippen molar-refractivity contribution in [2.75, 3.05) is 23.8 Å². The lowest BCUT2D eigenvalue weighted by Gasteiger charge is -2.33. The largest absolute Gasteiger partial charge is 0.494 e. The molecule has 4 rings (SSSR count). The van der Waals surface area contributed by atoms with Crippen LogP contribution in [0.2, 0.25) is 0 Å². The Morgan fingerprint density at radius 2 is 1.51 bits per heavy atom. The van der Waals surface area contributed by atoms with E-state index in [9.17, 15) is 19.5 Å². The zero-order valence-corrected chi connectivity index (χ0v) is 24.3. The van der Waals surface area contributed by atoms with Gasteiger partial charge in [0.2, 0.25) is 0 Å². The Kier molecular flexibility index (Phi) is 9.65. The molecule has 3 aromatic rings. The lowest BCUT2D eigenvalue weighted by molar-refractivity contribution is -0.138. The molecule has 1 aliphatic carbocycles. The molecular formula is C33H39N3O5. The summed E-state index contributed by atoms with van der Waals surface area (Å²) in [4.78, 5) is 40.4. The van der Waals surface area contributed by atoms with E-state index in [1.165, 1.54) is 4.90 Å². The van der Waals surface area contributed by atoms with E-state index >= 15 is 0 Å². The van der Waals surface area contributed by atoms with E-state index in [4.69, 9.17) is 4.74 Å². The van der Waals surface area contributed by atoms with Crippen molar-refractivity contribution in [1.29, 1.82) is 0 Å². The van der Waals surface area contributed by atoms with Gasteiger partial charge in [-0.15, -0.1) is 0 Å². The molecule has 0 bridgehead atoms. The second-order valence-corrected chi connectivity index (χ2v) is 10.7. The molecule has 0 saturated heterocycles. The van der Waals surface area contributed by atoms with Crippen LogP contribution in [0.1, 0.15) is 66.1 Å². The van der Waals surface area contributed by atoms with Gasteiger partial charge in [0, 0.05) is 11.7 Å². The average Bonchev–Trinajstić information content (AvgIpc) is 2.94. The normalized spacial score (nSPS) is 13.4. The second kappa shape index (κ2) is 13.4. The quantitative estimate of drug-likeness (QED) is 0.258. The maximum Gasteiger partial charge on any atom is 0.323 e. The van der Waals surface area contributed by atoms with Crippen molar-refractivity contribution in [3.63, 3.8) is 0 Å². The van der Waals surface area contributed by atoms with Gasteiger partial charge in [0.05, 0.1) is 17.9 Å². The fraction of sp³-hybridized carbons (Fsp3) is 0.364. The van der Waals surface area contributed by atoms with Crippen LogP contribution in [0.25, 0.3) is 11.1 Å². The number of benzene rings is 3. The number of nitrogens with zero attached hydrogens (tertiary/aromatic N) is 1. The number of aliphatic carboxylic acids is 1. The molecule has 3 aromatic carbocycles. The molecular weight excluding hydrogens is 518 g/mol. The first-order chi connectivity index (χ1) is 19.7. The van der Waals surface area contributed by atoms with Gasteiger partial charge in [-0.25, -0.2) is 4.79 Å². The molecule has 1 aliphatic rings. The summed E-state index contributed by atoms with van der Waals surface area (Å²) in [6, 6.07) is 16.2. The molecule has 216 valence electrons. The number of carboxylic acids is 1. The Bertz CT molecular complexity index is 1390. The first-order valence-corrected chi connectivity index (χ1v) is 14.2. The highest BCUT2D eigenvalue weighted by Gasteiger charge is 2.30. The average molecular weight is 558 g/mol. The van der Waals surface area contributed by atoms with Crippen LogP contribution >= 0.6 is 0 Å². The molecule has 0 spiro atoms. The lowest BCUT2D eigenvalue weighted by atomic mass is 9.93. The van der Waals surface area contributed by atoms with Crippen molar-refractivity contribution in [3.8, 4) is 16.9 Å². The molecule has 3 N–H and O–H groups in total. The van der Waals surface area contributed by atoms with E-state index in [1.54, 1.807) is 12.1 Å². The number of hydrogen-bond acceptors (Lipinski definition) is 4. The third kappa shape index (κ3) is 7.45. The van der Waals surface area contributed by atoms with Crippen molar-refractivity contribution in [2.45, 2.75) is 65.8 Å². The van der Waals surface area contributed by atoms with Crippen LogP contribution in [0.3, 0.4) is 0 Å². The van der Waals surface area contributed by atoms with E-state index < -0.39 is 24.5 Å². The summed E-state index contributed by atoms with van der Waals surface area (Å²) in [7, 11) is 0. The number of rotatable bonds is 9. The fourth-order valence-corrected chi connectivity index (χ4v) is 5.63. The van der Waals surface area contributed by atoms with Crippen LogP contribution < -0.4 is 15.4 Å². The van der Waals surface area contributed by atoms with Gasteiger partial charge in [-0.3, -0.25) is 9.59 Å². The van der Waals surface area contributed by atoms with Crippen LogP contribution in [-0.2, 0) is 4.79 Å². The zero-order chi connectivity index (χ0) is 29.5. The topological polar surface area (TPSA) is 108 Å². The number of carbonyl (C=O) groups is 3. The molecule has 8 nitrogen and oxygen atoms in total. The van der Waals surface area contributed by atoms with Gasteiger partial charge < -0.3 is 25.4 Å². The van der Waals surface area contributed by atoms with E-state index in [0.29, 0.717) is 18.0 Å². The molecule has 1 fully saturated rings. The third-order valence-corrected chi connectivity index (χ3v) is 7.49. The van der Waals surface area contributed by atoms with Crippen molar-refractivity contribution >= 4 is 29.3 Å². The van der Waals surface area contributed by atoms with Gasteiger partial charge in [0.25, 0.3) is 5.91 Å². The minimum atomic E-state index is -1.06. The minimum Gasteiger partial charge on any atom is -0.494 e. The van der Waals surface area contributed by atoms with Crippen molar-refractivity contribution in [3.05, 3.63) is 76.9 Å². The summed E-state index contributed by atoms with van der Waals surface area (Å²) in [5.41, 5.74) is 5.91. The molecule has 0 radical (unpaired) electrons. The van der Waals surface area contributed by atoms with Gasteiger partial charge in [-0.1, -0.05) is 55.2 Å². The number of hydrogen-bond donors (Lipinski definition) is 3. The number of ether oxygens (including phenoxy) is 1. The van der Waals surface area contributed by atoms with Crippen LogP contribution in [0, 0.1) is 20.8 Å². The summed E-state index contributed by atoms with van der Waals surface area (Å²) in [5.74, 6) is -0.718. The Balaban J connectivity index is 1.70. The van der Waals surface area contributed by atoms with Gasteiger partial charge in [-0.2, -0.15) is 0 Å². The highest BCUT2D eigenvalue weighted by Crippen LogP contribution is 2.31. The van der Waals surface area contributed by atoms with Crippen LogP contribution in [0.4, 0.5) is 16.2 Å². The van der Waals surface area contributed by atoms with Gasteiger partial charge in [0.1, 0.15) is 12.3 Å². The molecule has 1 saturated carbocycles. The number of nitrogens with one attached hydrogen (secondary N) is 2. The number of carboxylic acid groups (broad SMARTS) is 1. The highest BCUT2D eigenvalue weighted by molar-refractivity contribution is 6.08. The zero-order valence-electron chi connectivity index (χ0n) is 24.3. The predicted molar refractivity (Wildman–Crippen MR) is 162 cm³/mol. The predicted octanol–water partition coefficient (Wildman–Crippen LogP) is 7.18. The van der Waals surface area contributed by atoms with Crippen molar-refractivity contribution in [2.24, 2.45) is 0 Å². The molecule has 41 heavy (non-hydrogen) atoms. The fourth-order valence-electron chi connectivity index (χ4n) is 5.63. The second-order valence-electron chi connectivity index (χ2n) is 10.7. The van der Waals surface area contributed by atoms with E-state index in [2.05, 4.69) is 10.6 Å². The van der Waals surface area contributed by atoms with E-state index in [0.717, 1.165) is 65.7 Å². The van der Waals surface area contributed by atoms with Gasteiger partial charge in [0.15, 0.2) is 0 Å². The Labute approximate surface area is 241 Å². The van der Waals surface area contributed by atoms with Crippen LogP contribution in [0.15, 0.2) is 54.6 Å². The smallest absolute Gasteiger partial charge is 0.323 e. The third-order valence-electron chi connectivity index (χ3n) is 7.49. The van der Waals surface area contributed by atoms with Gasteiger partial charge in [-0.05, 0) is 87.1 Å². The maximum absolute atomic E-state index is 13.9. The molecule has 0 atom stereocenters. The van der Waals surface area contributed by atoms with Crippen molar-refractivity contribution in [1.82, 2.24) is 4.90 Å². The molecule has 3 amide bonds. The number of urea groups is 1. The standard InChI is InChI=1S/C33H39N3O5/c1-5-41-27-14-11-24(12-15-27)25-13-16-28(32(39)36(20-30(37)38)26-9-7-6-8-10-26)29(19-25)34-33(40)35-31-22(3)17-21(2)18-23(31)4/h11-19,26H,5-10,20H2,1-4H3,(H,37,38)(H2,34,35,40). The Morgan fingerprint density at radius 1 is 0.878 bits per heavy atom. The van der Waals surface area contributed by atoms with Crippen LogP contribution in [-0.4, -0.2) is 47.1 Å². The summed E-state index contributed by atoms with van der Waals surface area (Å²) >= 11 is 0. The van der Waals surface area contributed by atoms with Gasteiger partial charge >= 0.3 is 12.0 Å². The lowest BCUT2D eigenvalue weighted by Crippen LogP contribution is -2.44. The van der Waals surface area contributed by atoms with E-state index in [1.807, 2.05) is 70.2 Å². The molecule has 0 aliphatic heterocycles. The Morgan fingerprint density at radius 3 is 2.12 bits per heavy atom. The molecule has 0 heterocycles. The SMILES string of the molecule is CCOc1ccc(-c2ccc(C(=O)N(CC(=O)O)C3CCCCC3)c(NC(=O)Nc3c(C)cc(C)cc3C)c2)cc1. The summed E-state index contributed by atoms with van der Waals surface area (Å²) in [6.45, 7) is 7.97. The number of amides is 3. The maximum atomic E-state index is 13.9. The summed E-state index contributed by atoms with van der Waals surface area (Å²) in [5, 5.41) is 15.5. The molecule has 0 aromatic heterocycles. The minimum absolute atomic E-state index is 0.155. The number of aryl methyl sites for hydroxylation is 3. The van der Waals surface area contributed by atoms with Crippen LogP contribution in [0.5, 0.6) is 5.75 Å². The molecule has 8 heteroatoms. The first-order valence-electron chi connectivity index (χ1n) is 14.2.